The van der Waals surface area contributed by atoms with Gasteiger partial charge >= 0.3 is 5.97 Å². The van der Waals surface area contributed by atoms with Crippen LogP contribution in [0.4, 0.5) is 5.69 Å². The second-order valence-electron chi connectivity index (χ2n) is 12.1. The standard InChI is InChI=1S/C33H43ClN2O8/c1-6-43-29(39)16-21-12-14-35(15-13-21)28(38)18-27-32(40)36(19-33(2,3)20-37)25-11-10-22(34)17-24(25)30(44-27)23-8-7-9-26(41-4)31(23)42-5/h7-11,17,21,27,30,37H,6,12-16,18-20H2,1-5H3/t27-,30-/m1/s1. The van der Waals surface area contributed by atoms with Crippen molar-refractivity contribution in [2.45, 2.75) is 58.7 Å². The van der Waals surface area contributed by atoms with Crippen LogP contribution in [0.15, 0.2) is 36.4 Å². The van der Waals surface area contributed by atoms with Gasteiger partial charge in [-0.15, -0.1) is 0 Å². The Morgan fingerprint density at radius 2 is 1.80 bits per heavy atom. The maximum absolute atomic E-state index is 14.3. The van der Waals surface area contributed by atoms with E-state index in [-0.39, 0.29) is 43.3 Å². The molecule has 240 valence electrons. The maximum Gasteiger partial charge on any atom is 0.306 e. The normalized spacial score (nSPS) is 19.3. The van der Waals surface area contributed by atoms with Crippen molar-refractivity contribution < 1.29 is 38.4 Å². The fourth-order valence-corrected chi connectivity index (χ4v) is 6.02. The number of hydrogen-bond donors (Lipinski definition) is 1. The third-order valence-corrected chi connectivity index (χ3v) is 8.46. The van der Waals surface area contributed by atoms with E-state index in [1.165, 1.54) is 7.11 Å². The van der Waals surface area contributed by atoms with Gasteiger partial charge in [0.25, 0.3) is 5.91 Å². The van der Waals surface area contributed by atoms with Crippen LogP contribution in [0.5, 0.6) is 11.5 Å². The van der Waals surface area contributed by atoms with Gasteiger partial charge in [0.2, 0.25) is 5.91 Å². The third-order valence-electron chi connectivity index (χ3n) is 8.22. The second-order valence-corrected chi connectivity index (χ2v) is 12.5. The molecule has 0 spiro atoms. The fraction of sp³-hybridized carbons (Fsp3) is 0.545. The quantitative estimate of drug-likeness (QED) is 0.353. The van der Waals surface area contributed by atoms with E-state index in [9.17, 15) is 19.5 Å². The highest BCUT2D eigenvalue weighted by atomic mass is 35.5. The van der Waals surface area contributed by atoms with Crippen LogP contribution in [0.25, 0.3) is 0 Å². The lowest BCUT2D eigenvalue weighted by molar-refractivity contribution is -0.146. The first kappa shape index (κ1) is 33.6. The highest BCUT2D eigenvalue weighted by Gasteiger charge is 2.41. The number of rotatable bonds is 11. The summed E-state index contributed by atoms with van der Waals surface area (Å²) in [6.07, 6.45) is -0.458. The average molecular weight is 631 g/mol. The second kappa shape index (κ2) is 14.6. The van der Waals surface area contributed by atoms with Crippen molar-refractivity contribution in [2.75, 3.05) is 52.0 Å². The summed E-state index contributed by atoms with van der Waals surface area (Å²) in [6, 6.07) is 10.6. The van der Waals surface area contributed by atoms with Crippen LogP contribution in [-0.4, -0.2) is 81.0 Å². The smallest absolute Gasteiger partial charge is 0.306 e. The number of esters is 1. The van der Waals surface area contributed by atoms with Crippen LogP contribution < -0.4 is 14.4 Å². The van der Waals surface area contributed by atoms with Gasteiger partial charge in [0, 0.05) is 59.9 Å². The first-order valence-electron chi connectivity index (χ1n) is 15.0. The lowest BCUT2D eigenvalue weighted by Crippen LogP contribution is -2.47. The number of carbonyl (C=O) groups excluding carboxylic acids is 3. The predicted molar refractivity (Wildman–Crippen MR) is 166 cm³/mol. The van der Waals surface area contributed by atoms with E-state index in [0.29, 0.717) is 72.3 Å². The molecular formula is C33H43ClN2O8. The Morgan fingerprint density at radius 1 is 1.07 bits per heavy atom. The topological polar surface area (TPSA) is 115 Å². The van der Waals surface area contributed by atoms with Crippen LogP contribution in [0.2, 0.25) is 5.02 Å². The fourth-order valence-electron chi connectivity index (χ4n) is 5.84. The third kappa shape index (κ3) is 7.65. The van der Waals surface area contributed by atoms with Crippen molar-refractivity contribution in [3.8, 4) is 11.5 Å². The van der Waals surface area contributed by atoms with Gasteiger partial charge in [0.1, 0.15) is 12.2 Å². The highest BCUT2D eigenvalue weighted by molar-refractivity contribution is 6.30. The van der Waals surface area contributed by atoms with E-state index >= 15 is 0 Å². The van der Waals surface area contributed by atoms with E-state index in [1.807, 2.05) is 26.0 Å². The number of para-hydroxylation sites is 1. The van der Waals surface area contributed by atoms with Crippen molar-refractivity contribution in [3.05, 3.63) is 52.5 Å². The van der Waals surface area contributed by atoms with Crippen LogP contribution in [0.3, 0.4) is 0 Å². The zero-order chi connectivity index (χ0) is 32.0. The van der Waals surface area contributed by atoms with E-state index in [0.717, 1.165) is 0 Å². The number of aliphatic hydroxyl groups is 1. The van der Waals surface area contributed by atoms with Gasteiger partial charge in [-0.2, -0.15) is 0 Å². The minimum Gasteiger partial charge on any atom is -0.493 e. The molecule has 1 N–H and O–H groups in total. The number of carbonyl (C=O) groups is 3. The molecule has 0 aliphatic carbocycles. The molecule has 2 amide bonds. The molecule has 44 heavy (non-hydrogen) atoms. The summed E-state index contributed by atoms with van der Waals surface area (Å²) in [4.78, 5) is 43.3. The molecule has 2 atom stereocenters. The number of halogens is 1. The predicted octanol–water partition coefficient (Wildman–Crippen LogP) is 4.78. The molecule has 2 aliphatic rings. The van der Waals surface area contributed by atoms with Crippen molar-refractivity contribution >= 4 is 35.1 Å². The number of ether oxygens (including phenoxy) is 4. The first-order chi connectivity index (χ1) is 21.0. The molecule has 4 rings (SSSR count). The molecule has 0 radical (unpaired) electrons. The number of likely N-dealkylation sites (tertiary alicyclic amines) is 1. The van der Waals surface area contributed by atoms with E-state index in [4.69, 9.17) is 30.5 Å². The number of nitrogens with zero attached hydrogens (tertiary/aromatic N) is 2. The van der Waals surface area contributed by atoms with Crippen molar-refractivity contribution in [1.82, 2.24) is 4.90 Å². The van der Waals surface area contributed by atoms with E-state index in [1.54, 1.807) is 48.1 Å². The van der Waals surface area contributed by atoms with Crippen LogP contribution in [-0.2, 0) is 23.9 Å². The molecule has 0 bridgehead atoms. The molecule has 0 aromatic heterocycles. The summed E-state index contributed by atoms with van der Waals surface area (Å²) >= 11 is 6.50. The maximum atomic E-state index is 14.3. The van der Waals surface area contributed by atoms with Crippen molar-refractivity contribution in [1.29, 1.82) is 0 Å². The SMILES string of the molecule is CCOC(=O)CC1CCN(C(=O)C[C@H]2O[C@H](c3cccc(OC)c3OC)c3cc(Cl)ccc3N(CC(C)(C)CO)C2=O)CC1. The zero-order valence-electron chi connectivity index (χ0n) is 26.1. The summed E-state index contributed by atoms with van der Waals surface area (Å²) in [6.45, 7) is 6.85. The van der Waals surface area contributed by atoms with Gasteiger partial charge in [-0.25, -0.2) is 0 Å². The van der Waals surface area contributed by atoms with E-state index in [2.05, 4.69) is 0 Å². The molecule has 10 nitrogen and oxygen atoms in total. The van der Waals surface area contributed by atoms with Gasteiger partial charge in [-0.05, 0) is 49.9 Å². The Kier molecular flexibility index (Phi) is 11.2. The monoisotopic (exact) mass is 630 g/mol. The van der Waals surface area contributed by atoms with Crippen molar-refractivity contribution in [2.24, 2.45) is 11.3 Å². The van der Waals surface area contributed by atoms with Gasteiger partial charge in [-0.1, -0.05) is 37.6 Å². The Labute approximate surface area is 264 Å². The number of methoxy groups -OCH3 is 2. The highest BCUT2D eigenvalue weighted by Crippen LogP contribution is 2.45. The van der Waals surface area contributed by atoms with Gasteiger partial charge in [0.15, 0.2) is 11.5 Å². The molecule has 11 heteroatoms. The summed E-state index contributed by atoms with van der Waals surface area (Å²) < 4.78 is 23.0. The number of piperidine rings is 1. The molecule has 1 fully saturated rings. The molecule has 0 saturated carbocycles. The molecule has 2 aliphatic heterocycles. The molecule has 1 saturated heterocycles. The largest absolute Gasteiger partial charge is 0.493 e. The van der Waals surface area contributed by atoms with E-state index < -0.39 is 17.6 Å². The van der Waals surface area contributed by atoms with Crippen LogP contribution >= 0.6 is 11.6 Å². The molecule has 2 aromatic carbocycles. The summed E-state index contributed by atoms with van der Waals surface area (Å²) in [5.74, 6) is 0.263. The summed E-state index contributed by atoms with van der Waals surface area (Å²) in [5.41, 5.74) is 1.17. The van der Waals surface area contributed by atoms with Crippen molar-refractivity contribution in [3.63, 3.8) is 0 Å². The number of hydrogen-bond acceptors (Lipinski definition) is 8. The Morgan fingerprint density at radius 3 is 2.43 bits per heavy atom. The van der Waals surface area contributed by atoms with Crippen LogP contribution in [0, 0.1) is 11.3 Å². The van der Waals surface area contributed by atoms with Crippen LogP contribution in [0.1, 0.15) is 63.7 Å². The minimum atomic E-state index is -1.14. The van der Waals surface area contributed by atoms with Gasteiger partial charge in [0.05, 0.1) is 27.2 Å². The lowest BCUT2D eigenvalue weighted by atomic mass is 9.92. The lowest BCUT2D eigenvalue weighted by Gasteiger charge is -2.34. The Bertz CT molecular complexity index is 1340. The molecule has 2 heterocycles. The van der Waals surface area contributed by atoms with Gasteiger partial charge < -0.3 is 33.9 Å². The summed E-state index contributed by atoms with van der Waals surface area (Å²) in [5, 5.41) is 10.6. The number of amides is 2. The number of benzene rings is 2. The number of fused-ring (bicyclic) bond motifs is 1. The Balaban J connectivity index is 1.69. The summed E-state index contributed by atoms with van der Waals surface area (Å²) in [7, 11) is 3.07. The molecular weight excluding hydrogens is 588 g/mol. The Hall–Kier alpha value is -3.34. The number of aliphatic hydroxyl groups excluding tert-OH is 1. The number of anilines is 1. The minimum absolute atomic E-state index is 0.147. The zero-order valence-corrected chi connectivity index (χ0v) is 26.9. The van der Waals surface area contributed by atoms with Gasteiger partial charge in [-0.3, -0.25) is 14.4 Å². The average Bonchev–Trinajstić information content (AvgIpc) is 3.11. The molecule has 2 aromatic rings. The molecule has 0 unspecified atom stereocenters. The first-order valence-corrected chi connectivity index (χ1v) is 15.4.